The molecule has 0 saturated carbocycles. The molecule has 1 unspecified atom stereocenters. The van der Waals surface area contributed by atoms with Gasteiger partial charge in [0.1, 0.15) is 4.71 Å². The second-order valence-corrected chi connectivity index (χ2v) is 4.97. The topological polar surface area (TPSA) is 44.1 Å². The summed E-state index contributed by atoms with van der Waals surface area (Å²) in [6.07, 6.45) is 0. The first-order valence-electron chi connectivity index (χ1n) is 4.34. The summed E-state index contributed by atoms with van der Waals surface area (Å²) in [7, 11) is 0. The Morgan fingerprint density at radius 1 is 1.47 bits per heavy atom. The van der Waals surface area contributed by atoms with Gasteiger partial charge in [0.25, 0.3) is 0 Å². The fourth-order valence-electron chi connectivity index (χ4n) is 1.38. The number of nitrogens with zero attached hydrogens (tertiary/aromatic N) is 2. The Labute approximate surface area is 97.5 Å². The van der Waals surface area contributed by atoms with Crippen LogP contribution in [0.15, 0.2) is 24.3 Å². The number of anilines is 1. The molecule has 1 aromatic rings. The van der Waals surface area contributed by atoms with Gasteiger partial charge >= 0.3 is 0 Å². The predicted octanol–water partition coefficient (Wildman–Crippen LogP) is 1.85. The number of carbonyl (C=O) groups excluding carboxylic acids is 1. The number of benzene rings is 1. The van der Waals surface area contributed by atoms with E-state index < -0.39 is 0 Å². The van der Waals surface area contributed by atoms with Crippen LogP contribution in [0.5, 0.6) is 0 Å². The molecule has 76 valence electrons. The highest BCUT2D eigenvalue weighted by Gasteiger charge is 2.29. The van der Waals surface area contributed by atoms with Gasteiger partial charge in [-0.3, -0.25) is 9.69 Å². The molecule has 3 nitrogen and oxygen atoms in total. The highest BCUT2D eigenvalue weighted by molar-refractivity contribution is 8.11. The lowest BCUT2D eigenvalue weighted by molar-refractivity contribution is -0.115. The fourth-order valence-corrected chi connectivity index (χ4v) is 2.69. The Morgan fingerprint density at radius 2 is 2.13 bits per heavy atom. The van der Waals surface area contributed by atoms with Crippen LogP contribution < -0.4 is 4.90 Å². The van der Waals surface area contributed by atoms with E-state index in [1.54, 1.807) is 29.2 Å². The average Bonchev–Trinajstić information content (AvgIpc) is 2.59. The third kappa shape index (κ3) is 1.96. The Bertz CT molecular complexity index is 424. The van der Waals surface area contributed by atoms with Crippen molar-refractivity contribution in [2.24, 2.45) is 0 Å². The number of thioether (sulfide) groups is 1. The van der Waals surface area contributed by atoms with Gasteiger partial charge in [-0.2, -0.15) is 5.26 Å². The Hall–Kier alpha value is -1.12. The molecule has 1 aliphatic heterocycles. The second-order valence-electron chi connectivity index (χ2n) is 3.06. The molecule has 15 heavy (non-hydrogen) atoms. The van der Waals surface area contributed by atoms with Gasteiger partial charge in [-0.25, -0.2) is 0 Å². The zero-order valence-corrected chi connectivity index (χ0v) is 9.46. The van der Waals surface area contributed by atoms with Crippen LogP contribution in [0.1, 0.15) is 5.56 Å². The molecule has 0 spiro atoms. The largest absolute Gasteiger partial charge is 0.290 e. The highest BCUT2D eigenvalue weighted by atomic mass is 32.2. The van der Waals surface area contributed by atoms with E-state index in [0.717, 1.165) is 5.69 Å². The molecule has 1 fully saturated rings. The van der Waals surface area contributed by atoms with E-state index in [0.29, 0.717) is 11.3 Å². The minimum atomic E-state index is -0.120. The van der Waals surface area contributed by atoms with Crippen LogP contribution >= 0.6 is 24.4 Å². The zero-order valence-electron chi connectivity index (χ0n) is 7.75. The summed E-state index contributed by atoms with van der Waals surface area (Å²) < 4.78 is -0.120. The van der Waals surface area contributed by atoms with Gasteiger partial charge in [0.15, 0.2) is 0 Å². The Morgan fingerprint density at radius 3 is 2.60 bits per heavy atom. The van der Waals surface area contributed by atoms with Crippen molar-refractivity contribution in [2.45, 2.75) is 4.71 Å². The maximum absolute atomic E-state index is 11.5. The number of amides is 1. The number of thiol groups is 1. The summed E-state index contributed by atoms with van der Waals surface area (Å²) in [5.41, 5.74) is 1.39. The van der Waals surface area contributed by atoms with E-state index in [1.807, 2.05) is 6.07 Å². The van der Waals surface area contributed by atoms with Gasteiger partial charge in [-0.05, 0) is 24.3 Å². The van der Waals surface area contributed by atoms with Crippen molar-refractivity contribution in [2.75, 3.05) is 10.7 Å². The molecule has 1 aromatic carbocycles. The quantitative estimate of drug-likeness (QED) is 0.757. The third-order valence-electron chi connectivity index (χ3n) is 2.12. The van der Waals surface area contributed by atoms with E-state index >= 15 is 0 Å². The molecule has 1 atom stereocenters. The number of nitriles is 1. The van der Waals surface area contributed by atoms with E-state index in [9.17, 15) is 4.79 Å². The standard InChI is InChI=1S/C10H8N2OS2/c11-5-7-1-3-8(4-2-7)12-9(13)6-15-10(12)14/h1-4,10,14H,6H2. The molecule has 1 aliphatic rings. The molecule has 0 bridgehead atoms. The first kappa shape index (κ1) is 10.4. The van der Waals surface area contributed by atoms with Crippen LogP contribution in [0.2, 0.25) is 0 Å². The van der Waals surface area contributed by atoms with Crippen LogP contribution in [-0.2, 0) is 4.79 Å². The molecular weight excluding hydrogens is 228 g/mol. The summed E-state index contributed by atoms with van der Waals surface area (Å²) >= 11 is 5.80. The minimum absolute atomic E-state index is 0.0599. The Kier molecular flexibility index (Phi) is 2.89. The monoisotopic (exact) mass is 236 g/mol. The summed E-state index contributed by atoms with van der Waals surface area (Å²) in [6.45, 7) is 0. The molecule has 1 saturated heterocycles. The molecule has 0 aromatic heterocycles. The maximum atomic E-state index is 11.5. The second kappa shape index (κ2) is 4.17. The van der Waals surface area contributed by atoms with Crippen molar-refractivity contribution in [1.82, 2.24) is 0 Å². The molecular formula is C10H8N2OS2. The SMILES string of the molecule is N#Cc1ccc(N2C(=O)CSC2S)cc1. The van der Waals surface area contributed by atoms with Crippen molar-refractivity contribution < 1.29 is 4.79 Å². The van der Waals surface area contributed by atoms with Crippen molar-refractivity contribution in [3.63, 3.8) is 0 Å². The summed E-state index contributed by atoms with van der Waals surface area (Å²) in [5.74, 6) is 0.526. The number of rotatable bonds is 1. The van der Waals surface area contributed by atoms with E-state index in [1.165, 1.54) is 11.8 Å². The van der Waals surface area contributed by atoms with Gasteiger partial charge in [-0.15, -0.1) is 24.4 Å². The van der Waals surface area contributed by atoms with Gasteiger partial charge < -0.3 is 0 Å². The highest BCUT2D eigenvalue weighted by Crippen LogP contribution is 2.32. The molecule has 1 heterocycles. The molecule has 1 amide bonds. The van der Waals surface area contributed by atoms with Crippen molar-refractivity contribution in [3.8, 4) is 6.07 Å². The molecule has 2 rings (SSSR count). The van der Waals surface area contributed by atoms with Crippen LogP contribution in [0.25, 0.3) is 0 Å². The lowest BCUT2D eigenvalue weighted by atomic mass is 10.2. The average molecular weight is 236 g/mol. The van der Waals surface area contributed by atoms with Crippen LogP contribution in [0.4, 0.5) is 5.69 Å². The van der Waals surface area contributed by atoms with E-state index in [-0.39, 0.29) is 10.6 Å². The van der Waals surface area contributed by atoms with Gasteiger partial charge in [0.2, 0.25) is 5.91 Å². The lowest BCUT2D eigenvalue weighted by Gasteiger charge is -2.19. The fraction of sp³-hybridized carbons (Fsp3) is 0.200. The predicted molar refractivity (Wildman–Crippen MR) is 63.9 cm³/mol. The third-order valence-corrected chi connectivity index (χ3v) is 3.72. The van der Waals surface area contributed by atoms with Crippen molar-refractivity contribution >= 4 is 36.0 Å². The summed E-state index contributed by atoms with van der Waals surface area (Å²) in [4.78, 5) is 13.2. The summed E-state index contributed by atoms with van der Waals surface area (Å²) in [6, 6.07) is 8.98. The molecule has 5 heteroatoms. The maximum Gasteiger partial charge on any atom is 0.238 e. The molecule has 0 radical (unpaired) electrons. The van der Waals surface area contributed by atoms with Crippen LogP contribution in [-0.4, -0.2) is 16.4 Å². The lowest BCUT2D eigenvalue weighted by Crippen LogP contribution is -2.29. The number of hydrogen-bond acceptors (Lipinski definition) is 4. The minimum Gasteiger partial charge on any atom is -0.290 e. The van der Waals surface area contributed by atoms with Crippen molar-refractivity contribution in [1.29, 1.82) is 5.26 Å². The van der Waals surface area contributed by atoms with E-state index in [4.69, 9.17) is 5.26 Å². The normalized spacial score (nSPS) is 20.4. The zero-order chi connectivity index (χ0) is 10.8. The van der Waals surface area contributed by atoms with Gasteiger partial charge in [0, 0.05) is 5.69 Å². The number of hydrogen-bond donors (Lipinski definition) is 1. The summed E-state index contributed by atoms with van der Waals surface area (Å²) in [5, 5.41) is 8.65. The molecule has 0 N–H and O–H groups in total. The van der Waals surface area contributed by atoms with E-state index in [2.05, 4.69) is 12.6 Å². The first-order chi connectivity index (χ1) is 7.22. The van der Waals surface area contributed by atoms with Gasteiger partial charge in [0.05, 0.1) is 17.4 Å². The van der Waals surface area contributed by atoms with Crippen LogP contribution in [0, 0.1) is 11.3 Å². The smallest absolute Gasteiger partial charge is 0.238 e. The number of carbonyl (C=O) groups is 1. The molecule has 0 aliphatic carbocycles. The van der Waals surface area contributed by atoms with Gasteiger partial charge in [-0.1, -0.05) is 0 Å². The Balaban J connectivity index is 2.30. The van der Waals surface area contributed by atoms with Crippen molar-refractivity contribution in [3.05, 3.63) is 29.8 Å². The first-order valence-corrected chi connectivity index (χ1v) is 5.91. The van der Waals surface area contributed by atoms with Crippen LogP contribution in [0.3, 0.4) is 0 Å².